The summed E-state index contributed by atoms with van der Waals surface area (Å²) in [5, 5.41) is 2.25. The summed E-state index contributed by atoms with van der Waals surface area (Å²) in [5.74, 6) is 0.689. The van der Waals surface area contributed by atoms with Crippen molar-refractivity contribution < 1.29 is 4.42 Å². The van der Waals surface area contributed by atoms with E-state index in [9.17, 15) is 0 Å². The van der Waals surface area contributed by atoms with Crippen molar-refractivity contribution in [1.29, 1.82) is 0 Å². The van der Waals surface area contributed by atoms with Gasteiger partial charge in [-0.15, -0.1) is 0 Å². The summed E-state index contributed by atoms with van der Waals surface area (Å²) in [6.07, 6.45) is 3.68. The SMILES string of the molecule is CC1(C)c2ccccc2-c2ccc(-c3cc(-c4ccc(-c5ccc6oc7ccccc7c6c5)cc4)nc(-c4ccc(-c5cccnc5)cc4)n3)cc21. The number of furan rings is 1. The smallest absolute Gasteiger partial charge is 0.160 e. The first-order chi connectivity index (χ1) is 25.5. The summed E-state index contributed by atoms with van der Waals surface area (Å²) in [7, 11) is 0. The van der Waals surface area contributed by atoms with Gasteiger partial charge in [-0.2, -0.15) is 0 Å². The van der Waals surface area contributed by atoms with Gasteiger partial charge in [0.05, 0.1) is 11.4 Å². The predicted molar refractivity (Wildman–Crippen MR) is 212 cm³/mol. The van der Waals surface area contributed by atoms with Crippen LogP contribution >= 0.6 is 0 Å². The standard InChI is InChI=1S/C48H33N3O/c1-48(2)41-11-5-3-9-37(41)38-23-21-35(27-42(38)48)44-28-43(50-47(51-44)33-19-15-31(16-20-33)36-8-7-25-49-29-36)32-17-13-30(14-18-32)34-22-24-46-40(26-34)39-10-4-6-12-45(39)52-46/h3-29H,1-2H3. The fourth-order valence-corrected chi connectivity index (χ4v) is 7.82. The van der Waals surface area contributed by atoms with Gasteiger partial charge in [0.2, 0.25) is 0 Å². The molecule has 0 aliphatic heterocycles. The summed E-state index contributed by atoms with van der Waals surface area (Å²) in [6, 6.07) is 53.5. The largest absolute Gasteiger partial charge is 0.456 e. The van der Waals surface area contributed by atoms with Crippen LogP contribution in [0.2, 0.25) is 0 Å². The van der Waals surface area contributed by atoms with Crippen LogP contribution in [0.25, 0.3) is 89.2 Å². The first kappa shape index (κ1) is 30.2. The van der Waals surface area contributed by atoms with Crippen LogP contribution in [0.5, 0.6) is 0 Å². The minimum absolute atomic E-state index is 0.107. The van der Waals surface area contributed by atoms with Gasteiger partial charge < -0.3 is 4.42 Å². The molecule has 52 heavy (non-hydrogen) atoms. The predicted octanol–water partition coefficient (Wildman–Crippen LogP) is 12.4. The van der Waals surface area contributed by atoms with Gasteiger partial charge in [0, 0.05) is 45.3 Å². The fraction of sp³-hybridized carbons (Fsp3) is 0.0625. The van der Waals surface area contributed by atoms with Gasteiger partial charge in [0.15, 0.2) is 5.82 Å². The zero-order chi connectivity index (χ0) is 34.8. The second-order valence-electron chi connectivity index (χ2n) is 14.1. The molecule has 6 aromatic carbocycles. The molecular weight excluding hydrogens is 635 g/mol. The molecule has 0 radical (unpaired) electrons. The van der Waals surface area contributed by atoms with Crippen LogP contribution in [-0.2, 0) is 5.41 Å². The number of benzene rings is 6. The molecule has 0 amide bonds. The van der Waals surface area contributed by atoms with Gasteiger partial charge in [-0.25, -0.2) is 9.97 Å². The second kappa shape index (κ2) is 11.7. The molecule has 4 heteroatoms. The lowest BCUT2D eigenvalue weighted by molar-refractivity contribution is 0.660. The molecule has 0 unspecified atom stereocenters. The molecule has 0 saturated heterocycles. The van der Waals surface area contributed by atoms with Gasteiger partial charge in [0.1, 0.15) is 11.2 Å². The molecule has 1 aliphatic rings. The Morgan fingerprint density at radius 1 is 0.442 bits per heavy atom. The zero-order valence-electron chi connectivity index (χ0n) is 28.8. The third-order valence-corrected chi connectivity index (χ3v) is 10.6. The lowest BCUT2D eigenvalue weighted by Gasteiger charge is -2.22. The van der Waals surface area contributed by atoms with Crippen molar-refractivity contribution in [3.63, 3.8) is 0 Å². The molecule has 0 bridgehead atoms. The van der Waals surface area contributed by atoms with E-state index in [1.807, 2.05) is 24.4 Å². The Labute approximate surface area is 302 Å². The topological polar surface area (TPSA) is 51.8 Å². The zero-order valence-corrected chi connectivity index (χ0v) is 28.8. The van der Waals surface area contributed by atoms with Crippen LogP contribution in [-0.4, -0.2) is 15.0 Å². The second-order valence-corrected chi connectivity index (χ2v) is 14.1. The van der Waals surface area contributed by atoms with Gasteiger partial charge >= 0.3 is 0 Å². The van der Waals surface area contributed by atoms with Crippen molar-refractivity contribution in [1.82, 2.24) is 15.0 Å². The Balaban J connectivity index is 1.07. The Hall–Kier alpha value is -6.65. The quantitative estimate of drug-likeness (QED) is 0.183. The maximum Gasteiger partial charge on any atom is 0.160 e. The third kappa shape index (κ3) is 4.95. The van der Waals surface area contributed by atoms with E-state index < -0.39 is 0 Å². The normalized spacial score (nSPS) is 13.0. The number of hydrogen-bond donors (Lipinski definition) is 0. The first-order valence-electron chi connectivity index (χ1n) is 17.7. The number of rotatable bonds is 5. The van der Waals surface area contributed by atoms with Crippen LogP contribution in [0.15, 0.2) is 168 Å². The van der Waals surface area contributed by atoms with Gasteiger partial charge in [-0.1, -0.05) is 129 Å². The average Bonchev–Trinajstić information content (AvgIpc) is 3.69. The number of hydrogen-bond acceptors (Lipinski definition) is 4. The average molecular weight is 668 g/mol. The fourth-order valence-electron chi connectivity index (χ4n) is 7.82. The molecule has 0 spiro atoms. The van der Waals surface area contributed by atoms with Crippen LogP contribution in [0.4, 0.5) is 0 Å². The Kier molecular flexibility index (Phi) is 6.80. The molecule has 4 nitrogen and oxygen atoms in total. The van der Waals surface area contributed by atoms with Crippen LogP contribution < -0.4 is 0 Å². The van der Waals surface area contributed by atoms with Crippen LogP contribution in [0.1, 0.15) is 25.0 Å². The number of fused-ring (bicyclic) bond motifs is 6. The first-order valence-corrected chi connectivity index (χ1v) is 17.7. The van der Waals surface area contributed by atoms with Crippen LogP contribution in [0, 0.1) is 0 Å². The number of para-hydroxylation sites is 1. The molecular formula is C48H33N3O. The minimum atomic E-state index is -0.107. The Morgan fingerprint density at radius 3 is 1.88 bits per heavy atom. The van der Waals surface area contributed by atoms with Crippen molar-refractivity contribution in [2.24, 2.45) is 0 Å². The molecule has 10 rings (SSSR count). The van der Waals surface area contributed by atoms with E-state index in [0.717, 1.165) is 72.3 Å². The maximum atomic E-state index is 6.08. The number of nitrogens with zero attached hydrogens (tertiary/aromatic N) is 3. The number of pyridine rings is 1. The van der Waals surface area contributed by atoms with E-state index >= 15 is 0 Å². The van der Waals surface area contributed by atoms with Crippen molar-refractivity contribution in [2.45, 2.75) is 19.3 Å². The lowest BCUT2D eigenvalue weighted by atomic mass is 9.82. The van der Waals surface area contributed by atoms with Crippen LogP contribution in [0.3, 0.4) is 0 Å². The molecule has 246 valence electrons. The van der Waals surface area contributed by atoms with E-state index in [1.165, 1.54) is 22.3 Å². The van der Waals surface area contributed by atoms with E-state index in [1.54, 1.807) is 6.20 Å². The maximum absolute atomic E-state index is 6.08. The van der Waals surface area contributed by atoms with Crippen molar-refractivity contribution in [3.8, 4) is 67.3 Å². The molecule has 0 N–H and O–H groups in total. The van der Waals surface area contributed by atoms with Crippen molar-refractivity contribution >= 4 is 21.9 Å². The summed E-state index contributed by atoms with van der Waals surface area (Å²) >= 11 is 0. The van der Waals surface area contributed by atoms with E-state index in [0.29, 0.717) is 5.82 Å². The summed E-state index contributed by atoms with van der Waals surface area (Å²) in [4.78, 5) is 14.7. The minimum Gasteiger partial charge on any atom is -0.456 e. The van der Waals surface area contributed by atoms with E-state index in [4.69, 9.17) is 14.4 Å². The monoisotopic (exact) mass is 667 g/mol. The van der Waals surface area contributed by atoms with E-state index in [-0.39, 0.29) is 5.41 Å². The lowest BCUT2D eigenvalue weighted by Crippen LogP contribution is -2.14. The number of aromatic nitrogens is 3. The van der Waals surface area contributed by atoms with E-state index in [2.05, 4.69) is 152 Å². The van der Waals surface area contributed by atoms with Crippen molar-refractivity contribution in [3.05, 3.63) is 175 Å². The summed E-state index contributed by atoms with van der Waals surface area (Å²) < 4.78 is 6.08. The summed E-state index contributed by atoms with van der Waals surface area (Å²) in [6.45, 7) is 4.63. The molecule has 0 fully saturated rings. The van der Waals surface area contributed by atoms with Gasteiger partial charge in [-0.05, 0) is 80.9 Å². The molecule has 3 aromatic heterocycles. The highest BCUT2D eigenvalue weighted by Gasteiger charge is 2.35. The molecule has 0 atom stereocenters. The Bertz CT molecular complexity index is 2800. The molecule has 0 saturated carbocycles. The third-order valence-electron chi connectivity index (χ3n) is 10.6. The van der Waals surface area contributed by atoms with Gasteiger partial charge in [0.25, 0.3) is 0 Å². The van der Waals surface area contributed by atoms with Crippen molar-refractivity contribution in [2.75, 3.05) is 0 Å². The molecule has 9 aromatic rings. The Morgan fingerprint density at radius 2 is 1.08 bits per heavy atom. The highest BCUT2D eigenvalue weighted by atomic mass is 16.3. The summed E-state index contributed by atoms with van der Waals surface area (Å²) in [5.41, 5.74) is 16.3. The highest BCUT2D eigenvalue weighted by Crippen LogP contribution is 2.49. The highest BCUT2D eigenvalue weighted by molar-refractivity contribution is 6.06. The molecule has 1 aliphatic carbocycles. The van der Waals surface area contributed by atoms with Gasteiger partial charge in [-0.3, -0.25) is 4.98 Å². The molecule has 3 heterocycles.